The Kier molecular flexibility index (Phi) is 4.34. The molecule has 0 saturated heterocycles. The van der Waals surface area contributed by atoms with Crippen LogP contribution in [0.15, 0.2) is 24.3 Å². The van der Waals surface area contributed by atoms with Crippen LogP contribution in [-0.2, 0) is 4.43 Å². The molecule has 1 nitrogen and oxygen atoms in total. The summed E-state index contributed by atoms with van der Waals surface area (Å²) >= 11 is 0. The molecule has 85 valence electrons. The second kappa shape index (κ2) is 5.34. The van der Waals surface area contributed by atoms with Gasteiger partial charge in [-0.3, -0.25) is 0 Å². The lowest BCUT2D eigenvalue weighted by molar-refractivity contribution is 0.175. The zero-order valence-electron chi connectivity index (χ0n) is 10.5. The lowest BCUT2D eigenvalue weighted by Gasteiger charge is -2.25. The number of terminal acetylenes is 1. The first-order valence-corrected chi connectivity index (χ1v) is 7.19. The standard InChI is InChI=1S/C14H19OSi/c1-6-14(4,5)15-16(7-2)13-10-8-12(3)9-11-13/h1,8-11H,7H2,2-5H3. The van der Waals surface area contributed by atoms with Crippen LogP contribution in [0.1, 0.15) is 26.3 Å². The molecule has 0 N–H and O–H groups in total. The van der Waals surface area contributed by atoms with Crippen molar-refractivity contribution in [3.05, 3.63) is 29.8 Å². The summed E-state index contributed by atoms with van der Waals surface area (Å²) in [6.07, 6.45) is 5.45. The molecule has 0 bridgehead atoms. The second-order valence-electron chi connectivity index (χ2n) is 4.40. The van der Waals surface area contributed by atoms with Crippen LogP contribution in [0.25, 0.3) is 0 Å². The monoisotopic (exact) mass is 231 g/mol. The first-order chi connectivity index (χ1) is 7.48. The molecule has 1 radical (unpaired) electrons. The van der Waals surface area contributed by atoms with E-state index in [9.17, 15) is 0 Å². The molecule has 1 aromatic carbocycles. The van der Waals surface area contributed by atoms with Gasteiger partial charge in [-0.1, -0.05) is 42.7 Å². The van der Waals surface area contributed by atoms with E-state index in [2.05, 4.69) is 44.0 Å². The van der Waals surface area contributed by atoms with Gasteiger partial charge in [-0.2, -0.15) is 0 Å². The quantitative estimate of drug-likeness (QED) is 0.572. The minimum Gasteiger partial charge on any atom is -0.396 e. The minimum atomic E-state index is -0.990. The highest BCUT2D eigenvalue weighted by Crippen LogP contribution is 2.11. The topological polar surface area (TPSA) is 9.23 Å². The van der Waals surface area contributed by atoms with E-state index in [1.54, 1.807) is 0 Å². The fraction of sp³-hybridized carbons (Fsp3) is 0.429. The number of aryl methyl sites for hydroxylation is 1. The van der Waals surface area contributed by atoms with E-state index in [0.29, 0.717) is 0 Å². The third-order valence-electron chi connectivity index (χ3n) is 2.42. The zero-order valence-corrected chi connectivity index (χ0v) is 11.5. The molecule has 0 saturated carbocycles. The van der Waals surface area contributed by atoms with Gasteiger partial charge in [-0.25, -0.2) is 0 Å². The van der Waals surface area contributed by atoms with Crippen molar-refractivity contribution in [1.29, 1.82) is 0 Å². The van der Waals surface area contributed by atoms with E-state index in [1.165, 1.54) is 10.8 Å². The van der Waals surface area contributed by atoms with Gasteiger partial charge in [-0.15, -0.1) is 6.42 Å². The second-order valence-corrected chi connectivity index (χ2v) is 6.73. The van der Waals surface area contributed by atoms with Crippen molar-refractivity contribution >= 4 is 14.2 Å². The highest BCUT2D eigenvalue weighted by molar-refractivity contribution is 6.67. The molecular formula is C14H19OSi. The van der Waals surface area contributed by atoms with Crippen LogP contribution in [0.2, 0.25) is 6.04 Å². The van der Waals surface area contributed by atoms with Gasteiger partial charge in [0, 0.05) is 0 Å². The Labute approximate surface area is 101 Å². The molecule has 1 aromatic rings. The Morgan fingerprint density at radius 2 is 1.88 bits per heavy atom. The van der Waals surface area contributed by atoms with Crippen molar-refractivity contribution in [2.75, 3.05) is 0 Å². The number of rotatable bonds is 4. The molecule has 0 unspecified atom stereocenters. The minimum absolute atomic E-state index is 0.463. The van der Waals surface area contributed by atoms with Gasteiger partial charge < -0.3 is 4.43 Å². The molecule has 1 rings (SSSR count). The summed E-state index contributed by atoms with van der Waals surface area (Å²) in [5, 5.41) is 1.29. The summed E-state index contributed by atoms with van der Waals surface area (Å²) in [5.41, 5.74) is 0.812. The molecule has 0 aliphatic carbocycles. The van der Waals surface area contributed by atoms with Gasteiger partial charge in [0.1, 0.15) is 5.60 Å². The molecular weight excluding hydrogens is 212 g/mol. The van der Waals surface area contributed by atoms with Crippen molar-refractivity contribution in [3.63, 3.8) is 0 Å². The summed E-state index contributed by atoms with van der Waals surface area (Å²) in [6.45, 7) is 8.14. The van der Waals surface area contributed by atoms with Crippen molar-refractivity contribution in [1.82, 2.24) is 0 Å². The lowest BCUT2D eigenvalue weighted by Crippen LogP contribution is -2.40. The predicted molar refractivity (Wildman–Crippen MR) is 71.0 cm³/mol. The van der Waals surface area contributed by atoms with Gasteiger partial charge in [-0.05, 0) is 32.0 Å². The van der Waals surface area contributed by atoms with E-state index in [-0.39, 0.29) is 0 Å². The Hall–Kier alpha value is -1.04. The SMILES string of the molecule is C#CC(C)(C)O[Si](CC)c1ccc(C)cc1. The van der Waals surface area contributed by atoms with Crippen LogP contribution in [0.5, 0.6) is 0 Å². The average molecular weight is 231 g/mol. The highest BCUT2D eigenvalue weighted by atomic mass is 28.3. The molecule has 0 fully saturated rings. The van der Waals surface area contributed by atoms with Gasteiger partial charge in [0.05, 0.1) is 0 Å². The van der Waals surface area contributed by atoms with Crippen molar-refractivity contribution < 1.29 is 4.43 Å². The van der Waals surface area contributed by atoms with Crippen molar-refractivity contribution in [3.8, 4) is 12.3 Å². The van der Waals surface area contributed by atoms with Gasteiger partial charge in [0.15, 0.2) is 0 Å². The Balaban J connectivity index is 2.84. The first kappa shape index (κ1) is 13.0. The van der Waals surface area contributed by atoms with Crippen LogP contribution in [0.3, 0.4) is 0 Å². The van der Waals surface area contributed by atoms with Crippen LogP contribution in [-0.4, -0.2) is 14.6 Å². The molecule has 0 heterocycles. The van der Waals surface area contributed by atoms with Crippen LogP contribution < -0.4 is 5.19 Å². The van der Waals surface area contributed by atoms with Crippen LogP contribution in [0.4, 0.5) is 0 Å². The van der Waals surface area contributed by atoms with Crippen LogP contribution >= 0.6 is 0 Å². The summed E-state index contributed by atoms with van der Waals surface area (Å²) < 4.78 is 6.03. The molecule has 16 heavy (non-hydrogen) atoms. The third-order valence-corrected chi connectivity index (χ3v) is 4.80. The summed E-state index contributed by atoms with van der Waals surface area (Å²) in [5.74, 6) is 2.69. The van der Waals surface area contributed by atoms with Crippen molar-refractivity contribution in [2.45, 2.75) is 39.3 Å². The summed E-state index contributed by atoms with van der Waals surface area (Å²) in [7, 11) is -0.990. The normalized spacial score (nSPS) is 11.5. The Bertz CT molecular complexity index is 373. The van der Waals surface area contributed by atoms with Gasteiger partial charge in [0.25, 0.3) is 0 Å². The summed E-state index contributed by atoms with van der Waals surface area (Å²) in [4.78, 5) is 0. The molecule has 2 heteroatoms. The fourth-order valence-electron chi connectivity index (χ4n) is 1.41. The average Bonchev–Trinajstić information content (AvgIpc) is 2.27. The largest absolute Gasteiger partial charge is 0.396 e. The molecule has 0 atom stereocenters. The molecule has 0 spiro atoms. The maximum absolute atomic E-state index is 6.03. The van der Waals surface area contributed by atoms with Gasteiger partial charge >= 0.3 is 0 Å². The fourth-order valence-corrected chi connectivity index (χ4v) is 3.30. The van der Waals surface area contributed by atoms with Crippen molar-refractivity contribution in [2.24, 2.45) is 0 Å². The van der Waals surface area contributed by atoms with E-state index in [4.69, 9.17) is 10.8 Å². The third kappa shape index (κ3) is 3.51. The zero-order chi connectivity index (χ0) is 12.2. The smallest absolute Gasteiger partial charge is 0.248 e. The highest BCUT2D eigenvalue weighted by Gasteiger charge is 2.23. The lowest BCUT2D eigenvalue weighted by atomic mass is 10.2. The molecule has 0 aliphatic rings. The van der Waals surface area contributed by atoms with Crippen LogP contribution in [0, 0.1) is 19.3 Å². The number of benzene rings is 1. The Morgan fingerprint density at radius 3 is 2.31 bits per heavy atom. The maximum atomic E-state index is 6.03. The predicted octanol–water partition coefficient (Wildman–Crippen LogP) is 2.64. The molecule has 0 aromatic heterocycles. The van der Waals surface area contributed by atoms with E-state index >= 15 is 0 Å². The van der Waals surface area contributed by atoms with E-state index < -0.39 is 14.6 Å². The number of hydrogen-bond donors (Lipinski definition) is 0. The van der Waals surface area contributed by atoms with E-state index in [0.717, 1.165) is 6.04 Å². The molecule has 0 amide bonds. The number of hydrogen-bond acceptors (Lipinski definition) is 1. The molecule has 0 aliphatic heterocycles. The van der Waals surface area contributed by atoms with E-state index in [1.807, 2.05) is 13.8 Å². The first-order valence-electron chi connectivity index (χ1n) is 5.58. The van der Waals surface area contributed by atoms with Gasteiger partial charge in [0.2, 0.25) is 9.04 Å². The maximum Gasteiger partial charge on any atom is 0.248 e. The Morgan fingerprint density at radius 1 is 1.31 bits per heavy atom. The summed E-state index contributed by atoms with van der Waals surface area (Å²) in [6, 6.07) is 9.59.